The van der Waals surface area contributed by atoms with Crippen molar-refractivity contribution >= 4 is 17.3 Å². The summed E-state index contributed by atoms with van der Waals surface area (Å²) in [5, 5.41) is 14.8. The highest BCUT2D eigenvalue weighted by molar-refractivity contribution is 6.02. The normalized spacial score (nSPS) is 19.1. The van der Waals surface area contributed by atoms with Gasteiger partial charge in [0.2, 0.25) is 0 Å². The van der Waals surface area contributed by atoms with Gasteiger partial charge in [0.05, 0.1) is 10.6 Å². The van der Waals surface area contributed by atoms with Crippen LogP contribution in [0, 0.1) is 16.0 Å². The van der Waals surface area contributed by atoms with Crippen LogP contribution < -0.4 is 5.43 Å². The Morgan fingerprint density at radius 2 is 2.04 bits per heavy atom. The Balaban J connectivity index is 2.07. The van der Waals surface area contributed by atoms with E-state index in [1.54, 1.807) is 0 Å². The van der Waals surface area contributed by atoms with Crippen molar-refractivity contribution in [2.45, 2.75) is 26.7 Å². The molecule has 0 bridgehead atoms. The van der Waals surface area contributed by atoms with Crippen LogP contribution in [-0.2, 0) is 0 Å². The van der Waals surface area contributed by atoms with Gasteiger partial charge < -0.3 is 0 Å². The first-order chi connectivity index (χ1) is 10.9. The van der Waals surface area contributed by atoms with E-state index in [1.165, 1.54) is 24.3 Å². The number of nitro benzene ring substituents is 1. The van der Waals surface area contributed by atoms with E-state index in [-0.39, 0.29) is 5.69 Å². The zero-order chi connectivity index (χ0) is 17.0. The summed E-state index contributed by atoms with van der Waals surface area (Å²) >= 11 is 0. The number of hydrogen-bond donors (Lipinski definition) is 1. The van der Waals surface area contributed by atoms with Crippen molar-refractivity contribution in [2.24, 2.45) is 11.0 Å². The fraction of sp³-hybridized carbons (Fsp3) is 0.294. The van der Waals surface area contributed by atoms with Gasteiger partial charge in [0.1, 0.15) is 0 Å². The summed E-state index contributed by atoms with van der Waals surface area (Å²) in [4.78, 5) is 22.2. The lowest BCUT2D eigenvalue weighted by Gasteiger charge is -2.22. The highest BCUT2D eigenvalue weighted by Gasteiger charge is 2.19. The molecule has 1 aliphatic rings. The number of allylic oxidation sites excluding steroid dienone is 3. The van der Waals surface area contributed by atoms with Gasteiger partial charge in [-0.1, -0.05) is 18.2 Å². The van der Waals surface area contributed by atoms with Crippen LogP contribution in [0.5, 0.6) is 0 Å². The zero-order valence-corrected chi connectivity index (χ0v) is 13.2. The quantitative estimate of drug-likeness (QED) is 0.523. The van der Waals surface area contributed by atoms with Gasteiger partial charge in [0, 0.05) is 17.7 Å². The molecule has 0 aromatic heterocycles. The van der Waals surface area contributed by atoms with Crippen molar-refractivity contribution in [1.29, 1.82) is 0 Å². The van der Waals surface area contributed by atoms with E-state index < -0.39 is 10.8 Å². The molecule has 1 atom stereocenters. The molecule has 1 aliphatic carbocycles. The molecule has 0 radical (unpaired) electrons. The number of non-ortho nitro benzene ring substituents is 1. The van der Waals surface area contributed by atoms with Gasteiger partial charge in [-0.3, -0.25) is 14.9 Å². The summed E-state index contributed by atoms with van der Waals surface area (Å²) in [7, 11) is 0. The highest BCUT2D eigenvalue weighted by atomic mass is 16.6. The summed E-state index contributed by atoms with van der Waals surface area (Å²) < 4.78 is 0. The van der Waals surface area contributed by atoms with Crippen LogP contribution in [0.4, 0.5) is 5.69 Å². The molecule has 2 rings (SSSR count). The third kappa shape index (κ3) is 4.12. The van der Waals surface area contributed by atoms with Crippen molar-refractivity contribution in [1.82, 2.24) is 5.43 Å². The second kappa shape index (κ2) is 7.00. The number of carbonyl (C=O) groups excluding carboxylic acids is 1. The second-order valence-corrected chi connectivity index (χ2v) is 5.67. The number of benzene rings is 1. The smallest absolute Gasteiger partial charge is 0.267 e. The van der Waals surface area contributed by atoms with E-state index in [4.69, 9.17) is 0 Å². The van der Waals surface area contributed by atoms with Crippen molar-refractivity contribution < 1.29 is 9.72 Å². The number of carbonyl (C=O) groups is 1. The lowest BCUT2D eigenvalue weighted by molar-refractivity contribution is -0.384. The molecule has 0 saturated carbocycles. The predicted molar refractivity (Wildman–Crippen MR) is 89.3 cm³/mol. The Labute approximate surface area is 134 Å². The molecule has 0 saturated heterocycles. The predicted octanol–water partition coefficient (Wildman–Crippen LogP) is 3.61. The average molecular weight is 313 g/mol. The van der Waals surface area contributed by atoms with Gasteiger partial charge in [-0.05, 0) is 50.3 Å². The third-order valence-corrected chi connectivity index (χ3v) is 3.93. The van der Waals surface area contributed by atoms with E-state index in [1.807, 2.05) is 13.8 Å². The molecule has 0 unspecified atom stereocenters. The molecule has 1 N–H and O–H groups in total. The first kappa shape index (κ1) is 16.6. The molecule has 23 heavy (non-hydrogen) atoms. The number of nitro groups is 1. The second-order valence-electron chi connectivity index (χ2n) is 5.67. The van der Waals surface area contributed by atoms with E-state index in [2.05, 4.69) is 23.2 Å². The molecule has 0 spiro atoms. The van der Waals surface area contributed by atoms with Crippen LogP contribution in [-0.4, -0.2) is 16.5 Å². The van der Waals surface area contributed by atoms with E-state index in [9.17, 15) is 14.9 Å². The van der Waals surface area contributed by atoms with Crippen molar-refractivity contribution in [3.8, 4) is 0 Å². The zero-order valence-electron chi connectivity index (χ0n) is 13.2. The molecule has 0 fully saturated rings. The molecular formula is C17H19N3O3. The van der Waals surface area contributed by atoms with Crippen molar-refractivity contribution in [3.63, 3.8) is 0 Å². The van der Waals surface area contributed by atoms with Crippen molar-refractivity contribution in [2.75, 3.05) is 0 Å². The maximum Gasteiger partial charge on any atom is 0.271 e. The van der Waals surface area contributed by atoms with Crippen LogP contribution >= 0.6 is 0 Å². The van der Waals surface area contributed by atoms with Gasteiger partial charge in [0.15, 0.2) is 0 Å². The minimum Gasteiger partial charge on any atom is -0.267 e. The fourth-order valence-corrected chi connectivity index (χ4v) is 2.34. The SMILES string of the molecule is C=C(C)[C@H]1CC=C(C)/C(=N/NC(=O)c2ccc([N+](=O)[O-])cc2)C1. The monoisotopic (exact) mass is 313 g/mol. The Bertz CT molecular complexity index is 702. The third-order valence-electron chi connectivity index (χ3n) is 3.93. The van der Waals surface area contributed by atoms with E-state index in [0.717, 1.165) is 29.7 Å². The summed E-state index contributed by atoms with van der Waals surface area (Å²) in [6.07, 6.45) is 3.79. The molecule has 120 valence electrons. The Hall–Kier alpha value is -2.76. The summed E-state index contributed by atoms with van der Waals surface area (Å²) in [5.41, 5.74) is 5.77. The minimum absolute atomic E-state index is 0.0526. The van der Waals surface area contributed by atoms with Crippen LogP contribution in [0.2, 0.25) is 0 Å². The van der Waals surface area contributed by atoms with Crippen LogP contribution in [0.25, 0.3) is 0 Å². The van der Waals surface area contributed by atoms with Gasteiger partial charge >= 0.3 is 0 Å². The molecule has 1 amide bonds. The van der Waals surface area contributed by atoms with E-state index >= 15 is 0 Å². The first-order valence-corrected chi connectivity index (χ1v) is 7.32. The average Bonchev–Trinajstić information content (AvgIpc) is 2.53. The maximum atomic E-state index is 12.1. The number of hydrazone groups is 1. The number of rotatable bonds is 4. The van der Waals surface area contributed by atoms with Gasteiger partial charge in [-0.25, -0.2) is 5.43 Å². The Morgan fingerprint density at radius 3 is 2.61 bits per heavy atom. The van der Waals surface area contributed by atoms with Crippen LogP contribution in [0.3, 0.4) is 0 Å². The van der Waals surface area contributed by atoms with Crippen LogP contribution in [0.1, 0.15) is 37.0 Å². The number of amides is 1. The largest absolute Gasteiger partial charge is 0.271 e. The maximum absolute atomic E-state index is 12.1. The van der Waals surface area contributed by atoms with Crippen LogP contribution in [0.15, 0.2) is 53.2 Å². The Kier molecular flexibility index (Phi) is 5.05. The summed E-state index contributed by atoms with van der Waals surface area (Å²) in [5.74, 6) is -0.0497. The summed E-state index contributed by atoms with van der Waals surface area (Å²) in [6, 6.07) is 5.41. The van der Waals surface area contributed by atoms with Gasteiger partial charge in [-0.15, -0.1) is 0 Å². The van der Waals surface area contributed by atoms with E-state index in [0.29, 0.717) is 11.5 Å². The standard InChI is InChI=1S/C17H19N3O3/c1-11(2)14-5-4-12(3)16(10-14)18-19-17(21)13-6-8-15(9-7-13)20(22)23/h4,6-9,14H,1,5,10H2,2-3H3,(H,19,21)/b18-16+/t14-/m0/s1. The molecule has 1 aromatic rings. The molecule has 6 heteroatoms. The molecule has 0 aliphatic heterocycles. The highest BCUT2D eigenvalue weighted by Crippen LogP contribution is 2.26. The molecular weight excluding hydrogens is 294 g/mol. The molecule has 0 heterocycles. The lowest BCUT2D eigenvalue weighted by atomic mass is 9.85. The summed E-state index contributed by atoms with van der Waals surface area (Å²) in [6.45, 7) is 7.93. The number of nitrogens with one attached hydrogen (secondary N) is 1. The Morgan fingerprint density at radius 1 is 1.39 bits per heavy atom. The molecule has 1 aromatic carbocycles. The topological polar surface area (TPSA) is 84.6 Å². The lowest BCUT2D eigenvalue weighted by Crippen LogP contribution is -2.23. The number of hydrogen-bond acceptors (Lipinski definition) is 4. The first-order valence-electron chi connectivity index (χ1n) is 7.32. The van der Waals surface area contributed by atoms with Gasteiger partial charge in [-0.2, -0.15) is 5.10 Å². The van der Waals surface area contributed by atoms with Gasteiger partial charge in [0.25, 0.3) is 11.6 Å². The minimum atomic E-state index is -0.504. The fourth-order valence-electron chi connectivity index (χ4n) is 2.34. The molecule has 6 nitrogen and oxygen atoms in total. The number of nitrogens with zero attached hydrogens (tertiary/aromatic N) is 2. The van der Waals surface area contributed by atoms with Crippen molar-refractivity contribution in [3.05, 3.63) is 63.7 Å².